The molecule has 1 aliphatic heterocycles. The van der Waals surface area contributed by atoms with Crippen LogP contribution in [0, 0.1) is 17.3 Å². The lowest BCUT2D eigenvalue weighted by atomic mass is 9.72. The standard InChI is InChI=1S/C31H36F3N5O5/c1-43-28(41)30(15-22(31(32,33)34)17-35-27(30)40)16-23-13-14-25-36-24(18-39(25)38-23)26(21-11-7-2-3-8-12-21)37-29(42)44-19-20-9-5-4-6-10-20/h4-6,9-10,13-14,18,21-22,26H,2-3,7-8,11-12,15-17,19H2,1H3,(H,35,40)(H,37,42). The van der Waals surface area contributed by atoms with Gasteiger partial charge in [0, 0.05) is 13.0 Å². The number of nitrogens with one attached hydrogen (secondary N) is 2. The maximum Gasteiger partial charge on any atom is 0.408 e. The predicted molar refractivity (Wildman–Crippen MR) is 152 cm³/mol. The van der Waals surface area contributed by atoms with Crippen LogP contribution < -0.4 is 10.6 Å². The van der Waals surface area contributed by atoms with Crippen LogP contribution in [0.3, 0.4) is 0 Å². The Morgan fingerprint density at radius 3 is 2.52 bits per heavy atom. The molecule has 10 nitrogen and oxygen atoms in total. The number of carbonyl (C=O) groups is 3. The molecular weight excluding hydrogens is 579 g/mol. The minimum Gasteiger partial charge on any atom is -0.468 e. The van der Waals surface area contributed by atoms with E-state index in [1.165, 1.54) is 10.6 Å². The Balaban J connectivity index is 1.40. The Labute approximate surface area is 252 Å². The van der Waals surface area contributed by atoms with E-state index < -0.39 is 60.9 Å². The maximum absolute atomic E-state index is 13.6. The van der Waals surface area contributed by atoms with Crippen molar-refractivity contribution in [2.45, 2.75) is 70.2 Å². The van der Waals surface area contributed by atoms with Gasteiger partial charge in [-0.3, -0.25) is 9.59 Å². The van der Waals surface area contributed by atoms with Crippen LogP contribution in [-0.4, -0.2) is 52.4 Å². The van der Waals surface area contributed by atoms with Crippen LogP contribution in [0.2, 0.25) is 0 Å². The summed E-state index contributed by atoms with van der Waals surface area (Å²) in [6.45, 7) is -0.493. The molecule has 0 radical (unpaired) electrons. The molecule has 2 aliphatic rings. The Bertz CT molecular complexity index is 1460. The number of carbonyl (C=O) groups excluding carboxylic acids is 3. The van der Waals surface area contributed by atoms with E-state index in [1.54, 1.807) is 12.3 Å². The summed E-state index contributed by atoms with van der Waals surface area (Å²) in [6, 6.07) is 12.0. The number of alkyl halides is 3. The lowest BCUT2D eigenvalue weighted by molar-refractivity contribution is -0.195. The summed E-state index contributed by atoms with van der Waals surface area (Å²) >= 11 is 0. The second-order valence-electron chi connectivity index (χ2n) is 11.6. The third kappa shape index (κ3) is 6.97. The van der Waals surface area contributed by atoms with Gasteiger partial charge in [0.25, 0.3) is 0 Å². The highest BCUT2D eigenvalue weighted by atomic mass is 19.4. The molecule has 1 saturated heterocycles. The van der Waals surface area contributed by atoms with E-state index in [1.807, 2.05) is 30.3 Å². The van der Waals surface area contributed by atoms with Crippen molar-refractivity contribution >= 4 is 23.6 Å². The molecule has 1 aliphatic carbocycles. The van der Waals surface area contributed by atoms with Crippen LogP contribution in [0.1, 0.15) is 67.9 Å². The molecule has 1 aromatic carbocycles. The molecule has 0 spiro atoms. The van der Waals surface area contributed by atoms with Gasteiger partial charge in [0.15, 0.2) is 11.1 Å². The topological polar surface area (TPSA) is 124 Å². The third-order valence-corrected chi connectivity index (χ3v) is 8.63. The number of amides is 2. The lowest BCUT2D eigenvalue weighted by Crippen LogP contribution is -2.57. The summed E-state index contributed by atoms with van der Waals surface area (Å²) in [4.78, 5) is 43.4. The number of alkyl carbamates (subject to hydrolysis) is 1. The van der Waals surface area contributed by atoms with E-state index in [9.17, 15) is 27.6 Å². The Kier molecular flexibility index (Phi) is 9.40. The van der Waals surface area contributed by atoms with Gasteiger partial charge < -0.3 is 20.1 Å². The average molecular weight is 616 g/mol. The molecule has 1 saturated carbocycles. The number of rotatable bonds is 8. The van der Waals surface area contributed by atoms with Crippen molar-refractivity contribution < 1.29 is 37.0 Å². The molecule has 5 rings (SSSR count). The number of nitrogens with zero attached hydrogens (tertiary/aromatic N) is 3. The van der Waals surface area contributed by atoms with Gasteiger partial charge in [-0.1, -0.05) is 56.0 Å². The quantitative estimate of drug-likeness (QED) is 0.206. The van der Waals surface area contributed by atoms with Crippen LogP contribution in [0.4, 0.5) is 18.0 Å². The van der Waals surface area contributed by atoms with Crippen LogP contribution >= 0.6 is 0 Å². The number of fused-ring (bicyclic) bond motifs is 1. The van der Waals surface area contributed by atoms with Gasteiger partial charge in [0.1, 0.15) is 6.61 Å². The summed E-state index contributed by atoms with van der Waals surface area (Å²) in [6.07, 6.45) is 1.41. The summed E-state index contributed by atoms with van der Waals surface area (Å²) < 4.78 is 52.7. The maximum atomic E-state index is 13.6. The van der Waals surface area contributed by atoms with Crippen molar-refractivity contribution in [1.82, 2.24) is 25.2 Å². The molecule has 3 atom stereocenters. The minimum absolute atomic E-state index is 0.110. The van der Waals surface area contributed by atoms with E-state index >= 15 is 0 Å². The molecular formula is C31H36F3N5O5. The fraction of sp³-hybridized carbons (Fsp3) is 0.516. The fourth-order valence-electron chi connectivity index (χ4n) is 6.26. The number of methoxy groups -OCH3 is 1. The SMILES string of the molecule is COC(=O)C1(Cc2ccc3nc(C(NC(=O)OCc4ccccc4)C4CCCCCC4)cn3n2)CC(C(F)(F)F)CNC1=O. The van der Waals surface area contributed by atoms with Crippen molar-refractivity contribution in [3.8, 4) is 0 Å². The summed E-state index contributed by atoms with van der Waals surface area (Å²) in [7, 11) is 1.04. The van der Waals surface area contributed by atoms with Crippen molar-refractivity contribution in [3.05, 3.63) is 65.6 Å². The number of imidazole rings is 1. The third-order valence-electron chi connectivity index (χ3n) is 8.63. The molecule has 3 aromatic rings. The average Bonchev–Trinajstić information content (AvgIpc) is 3.24. The van der Waals surface area contributed by atoms with E-state index in [0.29, 0.717) is 11.3 Å². The summed E-state index contributed by atoms with van der Waals surface area (Å²) in [5.74, 6) is -3.68. The lowest BCUT2D eigenvalue weighted by Gasteiger charge is -2.38. The van der Waals surface area contributed by atoms with Crippen molar-refractivity contribution in [2.75, 3.05) is 13.7 Å². The molecule has 2 fully saturated rings. The van der Waals surface area contributed by atoms with E-state index in [4.69, 9.17) is 14.5 Å². The first-order chi connectivity index (χ1) is 21.1. The predicted octanol–water partition coefficient (Wildman–Crippen LogP) is 5.07. The van der Waals surface area contributed by atoms with Gasteiger partial charge in [-0.05, 0) is 42.9 Å². The van der Waals surface area contributed by atoms with Crippen LogP contribution in [0.5, 0.6) is 0 Å². The molecule has 2 N–H and O–H groups in total. The number of benzene rings is 1. The van der Waals surface area contributed by atoms with E-state index in [-0.39, 0.29) is 18.2 Å². The first-order valence-electron chi connectivity index (χ1n) is 14.8. The van der Waals surface area contributed by atoms with Gasteiger partial charge in [-0.2, -0.15) is 18.3 Å². The molecule has 3 heterocycles. The zero-order valence-corrected chi connectivity index (χ0v) is 24.4. The molecule has 44 heavy (non-hydrogen) atoms. The summed E-state index contributed by atoms with van der Waals surface area (Å²) in [5.41, 5.74) is -0.0182. The zero-order chi connectivity index (χ0) is 31.3. The smallest absolute Gasteiger partial charge is 0.408 e. The number of piperidine rings is 1. The largest absolute Gasteiger partial charge is 0.468 e. The zero-order valence-electron chi connectivity index (χ0n) is 24.4. The van der Waals surface area contributed by atoms with Gasteiger partial charge in [-0.25, -0.2) is 14.3 Å². The minimum atomic E-state index is -4.61. The number of ether oxygens (including phenoxy) is 2. The highest BCUT2D eigenvalue weighted by molar-refractivity contribution is 6.03. The molecule has 3 unspecified atom stereocenters. The van der Waals surface area contributed by atoms with E-state index in [0.717, 1.165) is 51.2 Å². The number of halogens is 3. The van der Waals surface area contributed by atoms with Crippen LogP contribution in [-0.2, 0) is 32.1 Å². The molecule has 236 valence electrons. The highest BCUT2D eigenvalue weighted by Crippen LogP contribution is 2.42. The van der Waals surface area contributed by atoms with Crippen molar-refractivity contribution in [3.63, 3.8) is 0 Å². The molecule has 13 heteroatoms. The number of hydrogen-bond acceptors (Lipinski definition) is 7. The molecule has 2 amide bonds. The fourth-order valence-corrected chi connectivity index (χ4v) is 6.26. The van der Waals surface area contributed by atoms with Crippen molar-refractivity contribution in [2.24, 2.45) is 17.3 Å². The van der Waals surface area contributed by atoms with Gasteiger partial charge in [0.2, 0.25) is 5.91 Å². The normalized spacial score (nSPS) is 22.1. The Morgan fingerprint density at radius 1 is 1.11 bits per heavy atom. The van der Waals surface area contributed by atoms with Gasteiger partial charge in [-0.15, -0.1) is 0 Å². The van der Waals surface area contributed by atoms with Gasteiger partial charge >= 0.3 is 18.2 Å². The molecule has 0 bridgehead atoms. The number of hydrogen-bond donors (Lipinski definition) is 2. The highest BCUT2D eigenvalue weighted by Gasteiger charge is 2.56. The first-order valence-corrected chi connectivity index (χ1v) is 14.8. The first kappa shape index (κ1) is 31.3. The second-order valence-corrected chi connectivity index (χ2v) is 11.6. The summed E-state index contributed by atoms with van der Waals surface area (Å²) in [5, 5.41) is 9.77. The Hall–Kier alpha value is -4.16. The van der Waals surface area contributed by atoms with Gasteiger partial charge in [0.05, 0.1) is 36.7 Å². The molecule has 2 aromatic heterocycles. The van der Waals surface area contributed by atoms with Crippen molar-refractivity contribution in [1.29, 1.82) is 0 Å². The number of aromatic nitrogens is 3. The second kappa shape index (κ2) is 13.2. The monoisotopic (exact) mass is 615 g/mol. The van der Waals surface area contributed by atoms with Crippen LogP contribution in [0.15, 0.2) is 48.7 Å². The van der Waals surface area contributed by atoms with Crippen LogP contribution in [0.25, 0.3) is 5.65 Å². The van der Waals surface area contributed by atoms with E-state index in [2.05, 4.69) is 15.7 Å². The number of esters is 1. The Morgan fingerprint density at radius 2 is 1.84 bits per heavy atom.